The van der Waals surface area contributed by atoms with Crippen molar-refractivity contribution in [3.05, 3.63) is 107 Å². The molecule has 0 atom stereocenters. The van der Waals surface area contributed by atoms with Gasteiger partial charge >= 0.3 is 0 Å². The Morgan fingerprint density at radius 1 is 0.750 bits per heavy atom. The zero-order valence-electron chi connectivity index (χ0n) is 23.9. The number of furan rings is 1. The molecule has 36 heavy (non-hydrogen) atoms. The highest BCUT2D eigenvalue weighted by atomic mass is 16.3. The zero-order chi connectivity index (χ0) is 27.5. The standard InChI is InChI=1S/C33H29N2O/c1-20-13-15-26-27-16-14-23(4)34-33(27)36-32(26)30(20)31-28(12-9-17-35(31)5)29-21(2)18-25(19-22(29)3)24-10-7-6-8-11-24/h6-19H,1-5H3/q+1/i2D3. The topological polar surface area (TPSA) is 29.9 Å². The molecular weight excluding hydrogens is 440 g/mol. The molecular formula is C33H29N2O+. The molecule has 0 saturated heterocycles. The van der Waals surface area contributed by atoms with Gasteiger partial charge in [0.2, 0.25) is 11.4 Å². The Morgan fingerprint density at radius 3 is 2.33 bits per heavy atom. The maximum atomic E-state index is 8.51. The highest BCUT2D eigenvalue weighted by Crippen LogP contribution is 2.41. The summed E-state index contributed by atoms with van der Waals surface area (Å²) in [6.45, 7) is 3.70. The lowest BCUT2D eigenvalue weighted by Gasteiger charge is -2.16. The number of benzene rings is 3. The second-order valence-electron chi connectivity index (χ2n) is 9.50. The predicted molar refractivity (Wildman–Crippen MR) is 148 cm³/mol. The van der Waals surface area contributed by atoms with Gasteiger partial charge in [-0.3, -0.25) is 0 Å². The second-order valence-corrected chi connectivity index (χ2v) is 9.50. The van der Waals surface area contributed by atoms with Crippen molar-refractivity contribution in [2.45, 2.75) is 27.6 Å². The van der Waals surface area contributed by atoms with Crippen LogP contribution in [0.3, 0.4) is 0 Å². The molecule has 3 aromatic carbocycles. The van der Waals surface area contributed by atoms with E-state index in [2.05, 4.69) is 34.7 Å². The number of aryl methyl sites for hydroxylation is 5. The average Bonchev–Trinajstić information content (AvgIpc) is 3.26. The van der Waals surface area contributed by atoms with E-state index < -0.39 is 6.85 Å². The number of pyridine rings is 2. The lowest BCUT2D eigenvalue weighted by Crippen LogP contribution is -2.31. The van der Waals surface area contributed by atoms with E-state index in [4.69, 9.17) is 8.53 Å². The minimum Gasteiger partial charge on any atom is -0.437 e. The van der Waals surface area contributed by atoms with E-state index in [1.54, 1.807) is 0 Å². The highest BCUT2D eigenvalue weighted by Gasteiger charge is 2.26. The molecule has 176 valence electrons. The van der Waals surface area contributed by atoms with E-state index in [0.29, 0.717) is 11.3 Å². The molecule has 3 nitrogen and oxygen atoms in total. The van der Waals surface area contributed by atoms with Gasteiger partial charge in [-0.1, -0.05) is 54.6 Å². The fourth-order valence-corrected chi connectivity index (χ4v) is 5.27. The predicted octanol–water partition coefficient (Wildman–Crippen LogP) is 8.04. The summed E-state index contributed by atoms with van der Waals surface area (Å²) < 4.78 is 34.0. The fraction of sp³-hybridized carbons (Fsp3) is 0.152. The number of hydrogen-bond donors (Lipinski definition) is 0. The zero-order valence-corrected chi connectivity index (χ0v) is 20.9. The van der Waals surface area contributed by atoms with Gasteiger partial charge < -0.3 is 4.42 Å². The van der Waals surface area contributed by atoms with Crippen LogP contribution in [0.4, 0.5) is 0 Å². The van der Waals surface area contributed by atoms with Crippen LogP contribution in [0.1, 0.15) is 26.5 Å². The molecule has 3 heterocycles. The van der Waals surface area contributed by atoms with Crippen molar-refractivity contribution < 1.29 is 13.1 Å². The normalized spacial score (nSPS) is 13.1. The maximum absolute atomic E-state index is 8.51. The van der Waals surface area contributed by atoms with Crippen molar-refractivity contribution in [1.29, 1.82) is 0 Å². The summed E-state index contributed by atoms with van der Waals surface area (Å²) in [5, 5.41) is 1.95. The summed E-state index contributed by atoms with van der Waals surface area (Å²) in [5.41, 5.74) is 9.81. The van der Waals surface area contributed by atoms with E-state index in [1.807, 2.05) is 87.8 Å². The Hall–Kier alpha value is -4.24. The smallest absolute Gasteiger partial charge is 0.227 e. The third-order valence-electron chi connectivity index (χ3n) is 6.98. The summed E-state index contributed by atoms with van der Waals surface area (Å²) >= 11 is 0. The van der Waals surface area contributed by atoms with Crippen LogP contribution in [-0.2, 0) is 7.05 Å². The first-order valence-corrected chi connectivity index (χ1v) is 12.1. The monoisotopic (exact) mass is 472 g/mol. The summed E-state index contributed by atoms with van der Waals surface area (Å²) in [6.07, 6.45) is 1.99. The van der Waals surface area contributed by atoms with Crippen molar-refractivity contribution in [3.63, 3.8) is 0 Å². The van der Waals surface area contributed by atoms with Gasteiger partial charge in [0.05, 0.1) is 11.1 Å². The number of aromatic nitrogens is 2. The first kappa shape index (κ1) is 19.0. The van der Waals surface area contributed by atoms with Crippen molar-refractivity contribution in [2.75, 3.05) is 0 Å². The molecule has 3 aromatic heterocycles. The van der Waals surface area contributed by atoms with Gasteiger partial charge in [0.25, 0.3) is 0 Å². The van der Waals surface area contributed by atoms with Crippen LogP contribution >= 0.6 is 0 Å². The van der Waals surface area contributed by atoms with E-state index in [0.717, 1.165) is 66.7 Å². The van der Waals surface area contributed by atoms with E-state index in [-0.39, 0.29) is 0 Å². The first-order chi connectivity index (χ1) is 18.6. The maximum Gasteiger partial charge on any atom is 0.227 e. The third-order valence-corrected chi connectivity index (χ3v) is 6.98. The molecule has 6 rings (SSSR count). The Morgan fingerprint density at radius 2 is 1.53 bits per heavy atom. The molecule has 0 aliphatic heterocycles. The summed E-state index contributed by atoms with van der Waals surface area (Å²) in [4.78, 5) is 4.63. The third kappa shape index (κ3) is 3.51. The van der Waals surface area contributed by atoms with Crippen LogP contribution in [0.25, 0.3) is 55.6 Å². The molecule has 0 unspecified atom stereocenters. The van der Waals surface area contributed by atoms with Gasteiger partial charge in [-0.2, -0.15) is 0 Å². The van der Waals surface area contributed by atoms with Crippen molar-refractivity contribution in [1.82, 2.24) is 4.98 Å². The number of fused-ring (bicyclic) bond motifs is 3. The van der Waals surface area contributed by atoms with Crippen LogP contribution < -0.4 is 4.57 Å². The molecule has 0 saturated carbocycles. The molecule has 0 aliphatic rings. The van der Waals surface area contributed by atoms with Crippen LogP contribution in [-0.4, -0.2) is 4.98 Å². The SMILES string of the molecule is [2H]C([2H])([2H])c1cc(-c2ccccc2)cc(C)c1-c1ccc[n+](C)c1-c1c(C)ccc2c1oc1nc(C)ccc12. The van der Waals surface area contributed by atoms with Crippen LogP contribution in [0.5, 0.6) is 0 Å². The van der Waals surface area contributed by atoms with Crippen molar-refractivity contribution in [2.24, 2.45) is 7.05 Å². The molecule has 0 spiro atoms. The quantitative estimate of drug-likeness (QED) is 0.244. The second kappa shape index (κ2) is 8.46. The summed E-state index contributed by atoms with van der Waals surface area (Å²) in [6, 6.07) is 26.0. The molecule has 0 fully saturated rings. The van der Waals surface area contributed by atoms with Gasteiger partial charge in [-0.15, -0.1) is 0 Å². The molecule has 0 amide bonds. The van der Waals surface area contributed by atoms with Gasteiger partial charge in [0.15, 0.2) is 11.8 Å². The van der Waals surface area contributed by atoms with Gasteiger partial charge in [0, 0.05) is 26.6 Å². The minimum absolute atomic E-state index is 0.334. The highest BCUT2D eigenvalue weighted by molar-refractivity contribution is 6.09. The van der Waals surface area contributed by atoms with E-state index >= 15 is 0 Å². The van der Waals surface area contributed by atoms with Gasteiger partial charge in [-0.25, -0.2) is 9.55 Å². The Kier molecular flexibility index (Phi) is 4.47. The molecule has 0 bridgehead atoms. The average molecular weight is 473 g/mol. The van der Waals surface area contributed by atoms with E-state index in [1.165, 1.54) is 0 Å². The molecule has 0 aliphatic carbocycles. The lowest BCUT2D eigenvalue weighted by atomic mass is 9.88. The Balaban J connectivity index is 1.69. The van der Waals surface area contributed by atoms with Gasteiger partial charge in [0.1, 0.15) is 7.05 Å². The number of hydrogen-bond acceptors (Lipinski definition) is 2. The molecule has 0 radical (unpaired) electrons. The first-order valence-electron chi connectivity index (χ1n) is 13.6. The number of nitrogens with zero attached hydrogens (tertiary/aromatic N) is 2. The largest absolute Gasteiger partial charge is 0.437 e. The number of rotatable bonds is 3. The lowest BCUT2D eigenvalue weighted by molar-refractivity contribution is -0.659. The summed E-state index contributed by atoms with van der Waals surface area (Å²) in [7, 11) is 1.99. The Labute approximate surface area is 215 Å². The van der Waals surface area contributed by atoms with Crippen LogP contribution in [0.2, 0.25) is 0 Å². The minimum atomic E-state index is -2.31. The van der Waals surface area contributed by atoms with Gasteiger partial charge in [-0.05, 0) is 79.2 Å². The summed E-state index contributed by atoms with van der Waals surface area (Å²) in [5.74, 6) is 0. The van der Waals surface area contributed by atoms with Crippen molar-refractivity contribution >= 4 is 22.1 Å². The van der Waals surface area contributed by atoms with Crippen molar-refractivity contribution in [3.8, 4) is 33.5 Å². The van der Waals surface area contributed by atoms with E-state index in [9.17, 15) is 0 Å². The fourth-order valence-electron chi connectivity index (χ4n) is 5.27. The molecule has 3 heteroatoms. The molecule has 6 aromatic rings. The van der Waals surface area contributed by atoms with Crippen LogP contribution in [0, 0.1) is 27.6 Å². The Bertz CT molecular complexity index is 1890. The van der Waals surface area contributed by atoms with Crippen LogP contribution in [0.15, 0.2) is 89.5 Å². The molecule has 0 N–H and O–H groups in total.